The molecule has 0 unspecified atom stereocenters. The van der Waals surface area contributed by atoms with E-state index in [0.29, 0.717) is 23.3 Å². The Morgan fingerprint density at radius 2 is 1.37 bits per heavy atom. The van der Waals surface area contributed by atoms with Gasteiger partial charge in [-0.2, -0.15) is 0 Å². The van der Waals surface area contributed by atoms with Crippen LogP contribution in [0.5, 0.6) is 17.2 Å². The summed E-state index contributed by atoms with van der Waals surface area (Å²) in [4.78, 5) is 4.63. The normalized spacial score (nSPS) is 11.5. The highest BCUT2D eigenvalue weighted by Gasteiger charge is 2.31. The monoisotopic (exact) mass is 520 g/mol. The molecule has 2 heterocycles. The highest BCUT2D eigenvalue weighted by molar-refractivity contribution is 7.63. The fourth-order valence-corrected chi connectivity index (χ4v) is 6.08. The molecule has 7 heteroatoms. The minimum atomic E-state index is -3.72. The first-order chi connectivity index (χ1) is 18.6. The van der Waals surface area contributed by atoms with Gasteiger partial charge in [0.25, 0.3) is 0 Å². The number of para-hydroxylation sites is 2. The molecular formula is C31H25N2O4P. The highest BCUT2D eigenvalue weighted by atomic mass is 31.2. The first-order valence-corrected chi connectivity index (χ1v) is 13.8. The summed E-state index contributed by atoms with van der Waals surface area (Å²) in [6.07, 6.45) is 1.80. The molecule has 6 rings (SSSR count). The summed E-state index contributed by atoms with van der Waals surface area (Å²) in [6, 6.07) is 35.7. The van der Waals surface area contributed by atoms with E-state index in [9.17, 15) is 4.57 Å². The lowest BCUT2D eigenvalue weighted by Gasteiger charge is -2.20. The summed E-state index contributed by atoms with van der Waals surface area (Å²) in [5.74, 6) is 1.74. The maximum absolute atomic E-state index is 14.1. The van der Waals surface area contributed by atoms with Crippen LogP contribution < -0.4 is 19.1 Å². The van der Waals surface area contributed by atoms with E-state index in [1.165, 1.54) is 0 Å². The molecule has 0 spiro atoms. The van der Waals surface area contributed by atoms with E-state index >= 15 is 0 Å². The number of nitrogens with zero attached hydrogens (tertiary/aromatic N) is 2. The van der Waals surface area contributed by atoms with Crippen LogP contribution in [0.15, 0.2) is 121 Å². The largest absolute Gasteiger partial charge is 0.497 e. The second kappa shape index (κ2) is 10.1. The molecule has 0 saturated carbocycles. The number of rotatable bonds is 8. The van der Waals surface area contributed by atoms with Gasteiger partial charge in [0.05, 0.1) is 29.0 Å². The fraction of sp³-hybridized carbons (Fsp3) is 0.0645. The number of methoxy groups -OCH3 is 1. The van der Waals surface area contributed by atoms with E-state index in [-0.39, 0.29) is 0 Å². The Kier molecular flexibility index (Phi) is 6.32. The van der Waals surface area contributed by atoms with E-state index in [1.54, 1.807) is 37.6 Å². The Balaban J connectivity index is 1.35. The zero-order valence-corrected chi connectivity index (χ0v) is 21.6. The molecule has 0 fully saturated rings. The minimum Gasteiger partial charge on any atom is -0.497 e. The van der Waals surface area contributed by atoms with Crippen molar-refractivity contribution < 1.29 is 18.3 Å². The third-order valence-corrected chi connectivity index (χ3v) is 8.19. The van der Waals surface area contributed by atoms with Gasteiger partial charge in [-0.15, -0.1) is 0 Å². The van der Waals surface area contributed by atoms with E-state index in [4.69, 9.17) is 13.8 Å². The van der Waals surface area contributed by atoms with Gasteiger partial charge in [0.2, 0.25) is 0 Å². The lowest BCUT2D eigenvalue weighted by atomic mass is 10.2. The van der Waals surface area contributed by atoms with E-state index in [1.807, 2.05) is 78.9 Å². The summed E-state index contributed by atoms with van der Waals surface area (Å²) < 4.78 is 33.8. The Morgan fingerprint density at radius 1 is 0.711 bits per heavy atom. The van der Waals surface area contributed by atoms with Crippen molar-refractivity contribution in [3.63, 3.8) is 0 Å². The topological polar surface area (TPSA) is 62.6 Å². The van der Waals surface area contributed by atoms with Crippen LogP contribution in [0.2, 0.25) is 0 Å². The van der Waals surface area contributed by atoms with Gasteiger partial charge in [-0.25, -0.2) is 4.57 Å². The summed E-state index contributed by atoms with van der Waals surface area (Å²) >= 11 is 0. The number of aromatic nitrogens is 2. The van der Waals surface area contributed by atoms with Gasteiger partial charge in [-0.3, -0.25) is 4.98 Å². The van der Waals surface area contributed by atoms with Crippen LogP contribution in [0.4, 0.5) is 0 Å². The van der Waals surface area contributed by atoms with Gasteiger partial charge in [-0.05, 0) is 72.3 Å². The van der Waals surface area contributed by atoms with Gasteiger partial charge >= 0.3 is 7.60 Å². The molecule has 0 radical (unpaired) electrons. The predicted octanol–water partition coefficient (Wildman–Crippen LogP) is 7.22. The highest BCUT2D eigenvalue weighted by Crippen LogP contribution is 2.47. The lowest BCUT2D eigenvalue weighted by molar-refractivity contribution is 0.399. The van der Waals surface area contributed by atoms with E-state index in [0.717, 1.165) is 33.2 Å². The molecule has 38 heavy (non-hydrogen) atoms. The van der Waals surface area contributed by atoms with Gasteiger partial charge in [0.15, 0.2) is 0 Å². The molecule has 6 aromatic rings. The number of hydrogen-bond donors (Lipinski definition) is 0. The molecule has 0 aliphatic heterocycles. The van der Waals surface area contributed by atoms with Crippen LogP contribution in [0.1, 0.15) is 5.56 Å². The minimum absolute atomic E-state index is 0.475. The Labute approximate surface area is 220 Å². The molecule has 0 aliphatic rings. The SMILES string of the molecule is COc1ccc2c(c1)c1ncccc1n2Cc1ccc(P(=O)(Oc2ccccc2)Oc2ccccc2)cc1. The second-order valence-electron chi connectivity index (χ2n) is 8.81. The van der Waals surface area contributed by atoms with E-state index < -0.39 is 7.60 Å². The molecule has 4 aromatic carbocycles. The lowest BCUT2D eigenvalue weighted by Crippen LogP contribution is -2.15. The molecule has 2 aromatic heterocycles. The molecule has 0 atom stereocenters. The quantitative estimate of drug-likeness (QED) is 0.198. The van der Waals surface area contributed by atoms with Crippen LogP contribution >= 0.6 is 7.60 Å². The van der Waals surface area contributed by atoms with Crippen LogP contribution in [0, 0.1) is 0 Å². The number of hydrogen-bond acceptors (Lipinski definition) is 5. The molecule has 0 N–H and O–H groups in total. The van der Waals surface area contributed by atoms with Crippen molar-refractivity contribution in [1.29, 1.82) is 0 Å². The Morgan fingerprint density at radius 3 is 2.00 bits per heavy atom. The van der Waals surface area contributed by atoms with Crippen LogP contribution in [-0.2, 0) is 11.1 Å². The molecule has 0 saturated heterocycles. The first kappa shape index (κ1) is 23.8. The molecule has 188 valence electrons. The number of ether oxygens (including phenoxy) is 1. The molecule has 0 amide bonds. The molecule has 0 aliphatic carbocycles. The van der Waals surface area contributed by atoms with Crippen LogP contribution in [-0.4, -0.2) is 16.7 Å². The smallest absolute Gasteiger partial charge is 0.462 e. The number of benzene rings is 4. The van der Waals surface area contributed by atoms with Crippen LogP contribution in [0.25, 0.3) is 21.9 Å². The van der Waals surface area contributed by atoms with Crippen molar-refractivity contribution in [2.75, 3.05) is 7.11 Å². The third-order valence-electron chi connectivity index (χ3n) is 6.36. The summed E-state index contributed by atoms with van der Waals surface area (Å²) in [5, 5.41) is 1.51. The zero-order valence-electron chi connectivity index (χ0n) is 20.7. The Bertz CT molecular complexity index is 1700. The summed E-state index contributed by atoms with van der Waals surface area (Å²) in [6.45, 7) is 0.613. The van der Waals surface area contributed by atoms with Gasteiger partial charge in [0.1, 0.15) is 17.2 Å². The van der Waals surface area contributed by atoms with Gasteiger partial charge in [-0.1, -0.05) is 48.5 Å². The van der Waals surface area contributed by atoms with Crippen molar-refractivity contribution >= 4 is 34.8 Å². The zero-order chi connectivity index (χ0) is 26.0. The fourth-order valence-electron chi connectivity index (χ4n) is 4.52. The molecule has 6 nitrogen and oxygen atoms in total. The molecule has 0 bridgehead atoms. The second-order valence-corrected chi connectivity index (χ2v) is 10.7. The standard InChI is InChI=1S/C31H25N2O4P/c1-35-26-16-19-29-28(21-26)31-30(13-8-20-32-31)33(29)22-23-14-17-27(18-15-23)38(34,36-24-9-4-2-5-10-24)37-25-11-6-3-7-12-25/h2-21H,22H2,1H3. The average molecular weight is 521 g/mol. The van der Waals surface area contributed by atoms with Crippen molar-refractivity contribution in [3.8, 4) is 17.2 Å². The van der Waals surface area contributed by atoms with E-state index in [2.05, 4.69) is 21.7 Å². The van der Waals surface area contributed by atoms with Crippen molar-refractivity contribution in [3.05, 3.63) is 127 Å². The van der Waals surface area contributed by atoms with Crippen molar-refractivity contribution in [2.24, 2.45) is 0 Å². The first-order valence-electron chi connectivity index (χ1n) is 12.2. The van der Waals surface area contributed by atoms with Gasteiger partial charge < -0.3 is 18.4 Å². The number of fused-ring (bicyclic) bond motifs is 3. The number of pyridine rings is 1. The maximum Gasteiger partial charge on any atom is 0.462 e. The maximum atomic E-state index is 14.1. The average Bonchev–Trinajstić information content (AvgIpc) is 3.27. The van der Waals surface area contributed by atoms with Crippen LogP contribution in [0.3, 0.4) is 0 Å². The third kappa shape index (κ3) is 4.62. The van der Waals surface area contributed by atoms with Crippen molar-refractivity contribution in [2.45, 2.75) is 6.54 Å². The summed E-state index contributed by atoms with van der Waals surface area (Å²) in [7, 11) is -2.06. The summed E-state index contributed by atoms with van der Waals surface area (Å²) in [5.41, 5.74) is 4.06. The van der Waals surface area contributed by atoms with Gasteiger partial charge in [0, 0.05) is 18.1 Å². The Hall–Kier alpha value is -4.54. The predicted molar refractivity (Wildman–Crippen MR) is 151 cm³/mol. The molecular weight excluding hydrogens is 495 g/mol. The van der Waals surface area contributed by atoms with Crippen molar-refractivity contribution in [1.82, 2.24) is 9.55 Å².